The number of hydrogen-bond acceptors (Lipinski definition) is 5. The molecule has 0 saturated heterocycles. The number of esters is 1. The molecule has 0 aliphatic carbocycles. The molecule has 0 amide bonds. The summed E-state index contributed by atoms with van der Waals surface area (Å²) in [6, 6.07) is 0. The Morgan fingerprint density at radius 3 is 1.39 bits per heavy atom. The summed E-state index contributed by atoms with van der Waals surface area (Å²) < 4.78 is 5.88. The predicted molar refractivity (Wildman–Crippen MR) is 166 cm³/mol. The highest BCUT2D eigenvalue weighted by Crippen LogP contribution is 2.51. The molecule has 1 aliphatic rings. The lowest BCUT2D eigenvalue weighted by Crippen LogP contribution is -2.43. The first-order valence-electron chi connectivity index (χ1n) is 13.2. The van der Waals surface area contributed by atoms with Gasteiger partial charge in [0.1, 0.15) is 21.1 Å². The number of allylic oxidation sites excluding steroid dienone is 1. The molecule has 0 bridgehead atoms. The predicted octanol–water partition coefficient (Wildman–Crippen LogP) is 8.50. The Balaban J connectivity index is 3.93. The molecule has 0 saturated carbocycles. The molecule has 1 N–H and O–H groups in total. The summed E-state index contributed by atoms with van der Waals surface area (Å²) >= 11 is 2.77. The summed E-state index contributed by atoms with van der Waals surface area (Å²) in [4.78, 5) is 13.5. The highest BCUT2D eigenvalue weighted by molar-refractivity contribution is 8.29. The van der Waals surface area contributed by atoms with E-state index in [0.717, 1.165) is 9.81 Å². The number of thioether (sulfide) groups is 2. The van der Waals surface area contributed by atoms with Gasteiger partial charge in [-0.1, -0.05) is 118 Å². The average Bonchev–Trinajstić information content (AvgIpc) is 3.20. The van der Waals surface area contributed by atoms with Gasteiger partial charge in [-0.05, 0) is 33.2 Å². The van der Waals surface area contributed by atoms with Gasteiger partial charge in [0.25, 0.3) is 0 Å². The minimum atomic E-state index is -1.98. The third kappa shape index (κ3) is 6.77. The molecule has 36 heavy (non-hydrogen) atoms. The number of hydrogen-bond donors (Lipinski definition) is 1. The van der Waals surface area contributed by atoms with Gasteiger partial charge in [-0.25, -0.2) is 4.79 Å². The first kappa shape index (κ1) is 33.2. The molecule has 202 valence electrons. The van der Waals surface area contributed by atoms with E-state index in [-0.39, 0.29) is 6.61 Å². The number of methoxy groups -OCH3 is 1. The molecule has 0 spiro atoms. The quantitative estimate of drug-likeness (QED) is 0.182. The van der Waals surface area contributed by atoms with Gasteiger partial charge in [0.2, 0.25) is 0 Å². The molecule has 1 aliphatic heterocycles. The summed E-state index contributed by atoms with van der Waals surface area (Å²) in [5.74, 6) is 6.77. The maximum atomic E-state index is 12.4. The van der Waals surface area contributed by atoms with Crippen LogP contribution in [0.5, 0.6) is 0 Å². The van der Waals surface area contributed by atoms with Crippen LogP contribution in [0.25, 0.3) is 0 Å². The van der Waals surface area contributed by atoms with Crippen molar-refractivity contribution in [3.05, 3.63) is 19.6 Å². The van der Waals surface area contributed by atoms with Gasteiger partial charge in [0.15, 0.2) is 0 Å². The first-order chi connectivity index (χ1) is 16.6. The lowest BCUT2D eigenvalue weighted by molar-refractivity contribution is -0.135. The van der Waals surface area contributed by atoms with E-state index in [0.29, 0.717) is 43.1 Å². The molecular formula is C29H48O3S2Si2. The molecule has 0 aromatic heterocycles. The Hall–Kier alpha value is -0.836. The van der Waals surface area contributed by atoms with Gasteiger partial charge in [-0.2, -0.15) is 0 Å². The van der Waals surface area contributed by atoms with Gasteiger partial charge >= 0.3 is 5.97 Å². The second-order valence-electron chi connectivity index (χ2n) is 11.6. The largest absolute Gasteiger partial charge is 0.465 e. The molecule has 0 atom stereocenters. The minimum absolute atomic E-state index is 0.203. The standard InChI is InChI=1S/C29H48O3S2Si2/c1-19(2)35(20(3)4,21(5)6)16-14-25(15-17-36(22(7)8,23(9)10)24(11)12)29-33-26(18-30)27(34-29)28(31)32-13/h19-24,30H,18H2,1-13H3. The number of aliphatic hydroxyl groups excluding tert-OH is 1. The van der Waals surface area contributed by atoms with Crippen molar-refractivity contribution in [1.29, 1.82) is 0 Å². The van der Waals surface area contributed by atoms with Crippen LogP contribution in [0.3, 0.4) is 0 Å². The highest BCUT2D eigenvalue weighted by atomic mass is 32.2. The van der Waals surface area contributed by atoms with E-state index in [9.17, 15) is 9.90 Å². The van der Waals surface area contributed by atoms with Crippen LogP contribution in [0.15, 0.2) is 19.6 Å². The second kappa shape index (κ2) is 13.8. The Morgan fingerprint density at radius 1 is 0.750 bits per heavy atom. The van der Waals surface area contributed by atoms with E-state index in [1.165, 1.54) is 30.6 Å². The number of rotatable bonds is 8. The van der Waals surface area contributed by atoms with Crippen LogP contribution in [0, 0.1) is 22.9 Å². The fraction of sp³-hybridized carbons (Fsp3) is 0.690. The van der Waals surface area contributed by atoms with E-state index in [2.05, 4.69) is 106 Å². The fourth-order valence-corrected chi connectivity index (χ4v) is 18.9. The van der Waals surface area contributed by atoms with Crippen molar-refractivity contribution < 1.29 is 14.6 Å². The zero-order valence-corrected chi connectivity index (χ0v) is 28.4. The molecule has 3 nitrogen and oxygen atoms in total. The van der Waals surface area contributed by atoms with E-state index in [4.69, 9.17) is 4.74 Å². The van der Waals surface area contributed by atoms with Crippen LogP contribution in [0.1, 0.15) is 83.1 Å². The van der Waals surface area contributed by atoms with Crippen molar-refractivity contribution in [3.8, 4) is 22.9 Å². The lowest BCUT2D eigenvalue weighted by atomic mass is 10.3. The zero-order chi connectivity index (χ0) is 28.0. The van der Waals surface area contributed by atoms with Gasteiger partial charge in [0, 0.05) is 4.91 Å². The molecule has 0 aromatic carbocycles. The Morgan fingerprint density at radius 2 is 1.11 bits per heavy atom. The van der Waals surface area contributed by atoms with Crippen molar-refractivity contribution in [2.24, 2.45) is 0 Å². The van der Waals surface area contributed by atoms with Crippen molar-refractivity contribution in [1.82, 2.24) is 0 Å². The van der Waals surface area contributed by atoms with Gasteiger partial charge < -0.3 is 9.84 Å². The smallest absolute Gasteiger partial charge is 0.345 e. The SMILES string of the molecule is COC(=O)C1=C(CO)SC(=C(C#C[Si](C(C)C)(C(C)C)C(C)C)C#C[Si](C(C)C)(C(C)C)C(C)C)S1. The number of carbonyl (C=O) groups is 1. The van der Waals surface area contributed by atoms with E-state index >= 15 is 0 Å². The van der Waals surface area contributed by atoms with Crippen LogP contribution >= 0.6 is 23.5 Å². The number of aliphatic hydroxyl groups is 1. The Labute approximate surface area is 232 Å². The molecule has 7 heteroatoms. The lowest BCUT2D eigenvalue weighted by Gasteiger charge is -2.38. The van der Waals surface area contributed by atoms with E-state index in [1.54, 1.807) is 0 Å². The van der Waals surface area contributed by atoms with Crippen LogP contribution in [0.4, 0.5) is 0 Å². The van der Waals surface area contributed by atoms with E-state index < -0.39 is 22.1 Å². The molecule has 0 fully saturated rings. The van der Waals surface area contributed by atoms with Gasteiger partial charge in [0.05, 0.1) is 23.5 Å². The third-order valence-corrected chi connectivity index (χ3v) is 23.1. The summed E-state index contributed by atoms with van der Waals surface area (Å²) in [5, 5.41) is 9.95. The molecular weight excluding hydrogens is 517 g/mol. The molecule has 1 heterocycles. The first-order valence-corrected chi connectivity index (χ1v) is 19.3. The summed E-state index contributed by atoms with van der Waals surface area (Å²) in [5.41, 5.74) is 11.6. The van der Waals surface area contributed by atoms with Crippen LogP contribution in [-0.4, -0.2) is 40.9 Å². The van der Waals surface area contributed by atoms with Crippen LogP contribution in [-0.2, 0) is 9.53 Å². The van der Waals surface area contributed by atoms with Crippen molar-refractivity contribution in [2.45, 2.75) is 116 Å². The number of ether oxygens (including phenoxy) is 1. The molecule has 0 radical (unpaired) electrons. The van der Waals surface area contributed by atoms with Crippen LogP contribution < -0.4 is 0 Å². The third-order valence-electron chi connectivity index (χ3n) is 7.92. The van der Waals surface area contributed by atoms with Gasteiger partial charge in [-0.15, -0.1) is 11.1 Å². The summed E-state index contributed by atoms with van der Waals surface area (Å²) in [6.45, 7) is 27.6. The highest BCUT2D eigenvalue weighted by Gasteiger charge is 2.43. The topological polar surface area (TPSA) is 46.5 Å². The van der Waals surface area contributed by atoms with Crippen molar-refractivity contribution in [3.63, 3.8) is 0 Å². The molecule has 0 aromatic rings. The Kier molecular flexibility index (Phi) is 12.7. The maximum Gasteiger partial charge on any atom is 0.345 e. The van der Waals surface area contributed by atoms with Crippen molar-refractivity contribution >= 4 is 45.6 Å². The average molecular weight is 565 g/mol. The molecule has 1 rings (SSSR count). The maximum absolute atomic E-state index is 12.4. The van der Waals surface area contributed by atoms with Crippen molar-refractivity contribution in [2.75, 3.05) is 13.7 Å². The fourth-order valence-electron chi connectivity index (χ4n) is 6.12. The second-order valence-corrected chi connectivity index (χ2v) is 25.1. The molecule has 0 unspecified atom stereocenters. The zero-order valence-electron chi connectivity index (χ0n) is 24.8. The van der Waals surface area contributed by atoms with Crippen LogP contribution in [0.2, 0.25) is 33.2 Å². The summed E-state index contributed by atoms with van der Waals surface area (Å²) in [7, 11) is -2.58. The minimum Gasteiger partial charge on any atom is -0.465 e. The van der Waals surface area contributed by atoms with E-state index in [1.807, 2.05) is 0 Å². The number of carbonyl (C=O) groups excluding carboxylic acids is 1. The van der Waals surface area contributed by atoms with Gasteiger partial charge in [-0.3, -0.25) is 0 Å². The monoisotopic (exact) mass is 564 g/mol. The summed E-state index contributed by atoms with van der Waals surface area (Å²) in [6.07, 6.45) is 0. The Bertz CT molecular complexity index is 888. The normalized spacial score (nSPS) is 14.7.